The van der Waals surface area contributed by atoms with Crippen molar-refractivity contribution < 1.29 is 14.3 Å². The number of esters is 1. The van der Waals surface area contributed by atoms with Crippen LogP contribution in [0.25, 0.3) is 0 Å². The third-order valence-corrected chi connectivity index (χ3v) is 0.904. The number of carbonyl (C=O) groups excluding carboxylic acids is 1. The molecule has 60 valence electrons. The molecule has 1 unspecified atom stereocenters. The minimum atomic E-state index is -0.545. The first-order valence-electron chi connectivity index (χ1n) is 3.09. The molecule has 4 heteroatoms. The van der Waals surface area contributed by atoms with Crippen molar-refractivity contribution in [2.45, 2.75) is 13.0 Å². The Balaban J connectivity index is 3.22. The van der Waals surface area contributed by atoms with Crippen LogP contribution in [0, 0.1) is 0 Å². The summed E-state index contributed by atoms with van der Waals surface area (Å²) in [5, 5.41) is 0. The fraction of sp³-hybridized carbons (Fsp3) is 0.833. The minimum absolute atomic E-state index is 0.275. The molecular weight excluding hydrogens is 134 g/mol. The van der Waals surface area contributed by atoms with E-state index in [1.165, 1.54) is 0 Å². The van der Waals surface area contributed by atoms with E-state index in [0.717, 1.165) is 0 Å². The second-order valence-corrected chi connectivity index (χ2v) is 1.95. The summed E-state index contributed by atoms with van der Waals surface area (Å²) in [6.07, 6.45) is 0. The van der Waals surface area contributed by atoms with E-state index in [4.69, 9.17) is 5.73 Å². The number of hydrogen-bond acceptors (Lipinski definition) is 4. The lowest BCUT2D eigenvalue weighted by Crippen LogP contribution is -2.29. The molecule has 2 N–H and O–H groups in total. The van der Waals surface area contributed by atoms with Crippen LogP contribution in [0.5, 0.6) is 0 Å². The minimum Gasteiger partial charge on any atom is -0.462 e. The predicted molar refractivity (Wildman–Crippen MR) is 36.5 cm³/mol. The first kappa shape index (κ1) is 9.39. The molecule has 0 heterocycles. The Kier molecular flexibility index (Phi) is 4.88. The van der Waals surface area contributed by atoms with E-state index in [2.05, 4.69) is 9.47 Å². The first-order valence-corrected chi connectivity index (χ1v) is 3.09. The largest absolute Gasteiger partial charge is 0.462 e. The topological polar surface area (TPSA) is 61.5 Å². The second kappa shape index (κ2) is 5.20. The Bertz CT molecular complexity index is 103. The molecule has 0 aliphatic carbocycles. The van der Waals surface area contributed by atoms with Gasteiger partial charge in [0.25, 0.3) is 0 Å². The van der Waals surface area contributed by atoms with Gasteiger partial charge in [-0.25, -0.2) is 0 Å². The van der Waals surface area contributed by atoms with Crippen LogP contribution in [0.2, 0.25) is 0 Å². The van der Waals surface area contributed by atoms with Gasteiger partial charge in [0.2, 0.25) is 0 Å². The molecule has 0 aromatic rings. The summed E-state index contributed by atoms with van der Waals surface area (Å²) in [4.78, 5) is 10.6. The predicted octanol–water partition coefficient (Wildman–Crippen LogP) is -0.477. The fourth-order valence-corrected chi connectivity index (χ4v) is 0.357. The average molecular weight is 147 g/mol. The molecule has 0 bridgehead atoms. The van der Waals surface area contributed by atoms with Crippen molar-refractivity contribution in [3.63, 3.8) is 0 Å². The van der Waals surface area contributed by atoms with Gasteiger partial charge >= 0.3 is 5.97 Å². The van der Waals surface area contributed by atoms with Crippen LogP contribution in [0.3, 0.4) is 0 Å². The van der Waals surface area contributed by atoms with Gasteiger partial charge in [-0.15, -0.1) is 0 Å². The zero-order chi connectivity index (χ0) is 7.98. The molecule has 0 saturated heterocycles. The molecule has 0 spiro atoms. The van der Waals surface area contributed by atoms with Crippen molar-refractivity contribution in [3.05, 3.63) is 0 Å². The second-order valence-electron chi connectivity index (χ2n) is 1.95. The Morgan fingerprint density at radius 2 is 2.20 bits per heavy atom. The number of nitrogens with two attached hydrogens (primary N) is 1. The highest BCUT2D eigenvalue weighted by molar-refractivity contribution is 5.74. The smallest absolute Gasteiger partial charge is 0.322 e. The van der Waals surface area contributed by atoms with E-state index < -0.39 is 12.0 Å². The van der Waals surface area contributed by atoms with Crippen LogP contribution in [-0.2, 0) is 14.3 Å². The normalized spacial score (nSPS) is 12.7. The first-order chi connectivity index (χ1) is 4.68. The zero-order valence-electron chi connectivity index (χ0n) is 6.29. The highest BCUT2D eigenvalue weighted by Gasteiger charge is 2.06. The Morgan fingerprint density at radius 1 is 1.60 bits per heavy atom. The van der Waals surface area contributed by atoms with Crippen LogP contribution >= 0.6 is 0 Å². The SMILES string of the molecule is COCCOC(=O)C(C)N. The van der Waals surface area contributed by atoms with E-state index in [-0.39, 0.29) is 6.61 Å². The third-order valence-electron chi connectivity index (χ3n) is 0.904. The average Bonchev–Trinajstić information content (AvgIpc) is 1.88. The lowest BCUT2D eigenvalue weighted by molar-refractivity contribution is -0.145. The molecule has 0 aromatic heterocycles. The Morgan fingerprint density at radius 3 is 2.60 bits per heavy atom. The van der Waals surface area contributed by atoms with Crippen molar-refractivity contribution in [1.29, 1.82) is 0 Å². The van der Waals surface area contributed by atoms with Gasteiger partial charge in [0, 0.05) is 7.11 Å². The van der Waals surface area contributed by atoms with Gasteiger partial charge in [0.05, 0.1) is 6.61 Å². The van der Waals surface area contributed by atoms with E-state index in [9.17, 15) is 4.79 Å². The van der Waals surface area contributed by atoms with Gasteiger partial charge in [-0.3, -0.25) is 4.79 Å². The number of ether oxygens (including phenoxy) is 2. The summed E-state index contributed by atoms with van der Waals surface area (Å²) in [5.74, 6) is -0.392. The maximum atomic E-state index is 10.6. The Labute approximate surface area is 60.3 Å². The van der Waals surface area contributed by atoms with Crippen molar-refractivity contribution >= 4 is 5.97 Å². The zero-order valence-corrected chi connectivity index (χ0v) is 6.29. The molecule has 0 aromatic carbocycles. The van der Waals surface area contributed by atoms with Crippen LogP contribution in [0.4, 0.5) is 0 Å². The molecule has 0 rings (SSSR count). The molecule has 0 fully saturated rings. The van der Waals surface area contributed by atoms with Crippen molar-refractivity contribution in [2.75, 3.05) is 20.3 Å². The van der Waals surface area contributed by atoms with Gasteiger partial charge in [-0.1, -0.05) is 0 Å². The van der Waals surface area contributed by atoms with E-state index in [1.54, 1.807) is 14.0 Å². The summed E-state index contributed by atoms with van der Waals surface area (Å²) in [7, 11) is 1.54. The molecule has 4 nitrogen and oxygen atoms in total. The molecule has 10 heavy (non-hydrogen) atoms. The number of carbonyl (C=O) groups is 1. The van der Waals surface area contributed by atoms with Crippen LogP contribution in [0.1, 0.15) is 6.92 Å². The lowest BCUT2D eigenvalue weighted by Gasteiger charge is -2.05. The van der Waals surface area contributed by atoms with Gasteiger partial charge in [-0.05, 0) is 6.92 Å². The molecule has 0 aliphatic rings. The molecule has 1 atom stereocenters. The standard InChI is InChI=1S/C6H13NO3/c1-5(7)6(8)10-4-3-9-2/h5H,3-4,7H2,1-2H3. The molecule has 0 saturated carbocycles. The highest BCUT2D eigenvalue weighted by Crippen LogP contribution is 1.83. The van der Waals surface area contributed by atoms with Crippen LogP contribution in [0.15, 0.2) is 0 Å². The summed E-state index contributed by atoms with van der Waals surface area (Å²) in [6, 6.07) is -0.545. The summed E-state index contributed by atoms with van der Waals surface area (Å²) in [6.45, 7) is 2.27. The van der Waals surface area contributed by atoms with E-state index in [0.29, 0.717) is 6.61 Å². The number of rotatable bonds is 4. The van der Waals surface area contributed by atoms with E-state index >= 15 is 0 Å². The molecular formula is C6H13NO3. The van der Waals surface area contributed by atoms with Crippen molar-refractivity contribution in [2.24, 2.45) is 5.73 Å². The van der Waals surface area contributed by atoms with Crippen molar-refractivity contribution in [1.82, 2.24) is 0 Å². The fourth-order valence-electron chi connectivity index (χ4n) is 0.357. The van der Waals surface area contributed by atoms with Gasteiger partial charge < -0.3 is 15.2 Å². The summed E-state index contributed by atoms with van der Waals surface area (Å²) < 4.78 is 9.31. The van der Waals surface area contributed by atoms with Gasteiger partial charge in [0.1, 0.15) is 12.6 Å². The molecule has 0 amide bonds. The summed E-state index contributed by atoms with van der Waals surface area (Å²) in [5.41, 5.74) is 5.20. The molecule has 0 aliphatic heterocycles. The van der Waals surface area contributed by atoms with Crippen LogP contribution in [-0.4, -0.2) is 32.3 Å². The van der Waals surface area contributed by atoms with Crippen LogP contribution < -0.4 is 5.73 Å². The molecule has 0 radical (unpaired) electrons. The highest BCUT2D eigenvalue weighted by atomic mass is 16.6. The summed E-state index contributed by atoms with van der Waals surface area (Å²) >= 11 is 0. The van der Waals surface area contributed by atoms with E-state index in [1.807, 2.05) is 0 Å². The maximum absolute atomic E-state index is 10.6. The number of methoxy groups -OCH3 is 1. The lowest BCUT2D eigenvalue weighted by atomic mass is 10.4. The van der Waals surface area contributed by atoms with Gasteiger partial charge in [0.15, 0.2) is 0 Å². The quantitative estimate of drug-likeness (QED) is 0.431. The van der Waals surface area contributed by atoms with Crippen molar-refractivity contribution in [3.8, 4) is 0 Å². The third kappa shape index (κ3) is 4.29. The Hall–Kier alpha value is -0.610. The monoisotopic (exact) mass is 147 g/mol. The van der Waals surface area contributed by atoms with Gasteiger partial charge in [-0.2, -0.15) is 0 Å². The maximum Gasteiger partial charge on any atom is 0.322 e. The number of hydrogen-bond donors (Lipinski definition) is 1.